The minimum atomic E-state index is -0.186. The summed E-state index contributed by atoms with van der Waals surface area (Å²) >= 11 is 0. The van der Waals surface area contributed by atoms with Crippen LogP contribution in [0.2, 0.25) is 0 Å². The summed E-state index contributed by atoms with van der Waals surface area (Å²) in [5.74, 6) is 2.76. The Morgan fingerprint density at radius 2 is 1.86 bits per heavy atom. The molecule has 1 atom stereocenters. The molecule has 4 heterocycles. The molecular weight excluding hydrogens is 370 g/mol. The first kappa shape index (κ1) is 17.8. The molecular formula is C21H23N5O3. The molecule has 1 saturated heterocycles. The van der Waals surface area contributed by atoms with Gasteiger partial charge in [0, 0.05) is 25.2 Å². The molecule has 0 saturated carbocycles. The van der Waals surface area contributed by atoms with Crippen molar-refractivity contribution in [1.82, 2.24) is 24.8 Å². The molecule has 1 fully saturated rings. The summed E-state index contributed by atoms with van der Waals surface area (Å²) in [6, 6.07) is 13.4. The van der Waals surface area contributed by atoms with Gasteiger partial charge in [-0.25, -0.2) is 4.79 Å². The van der Waals surface area contributed by atoms with Crippen LogP contribution < -0.4 is 14.8 Å². The van der Waals surface area contributed by atoms with Crippen molar-refractivity contribution in [2.24, 2.45) is 0 Å². The summed E-state index contributed by atoms with van der Waals surface area (Å²) in [5, 5.41) is 11.6. The highest BCUT2D eigenvalue weighted by Gasteiger charge is 2.28. The smallest absolute Gasteiger partial charge is 0.317 e. The number of pyridine rings is 1. The van der Waals surface area contributed by atoms with Gasteiger partial charge in [-0.3, -0.25) is 4.40 Å². The fourth-order valence-electron chi connectivity index (χ4n) is 3.96. The number of nitrogens with zero attached hydrogens (tertiary/aromatic N) is 4. The van der Waals surface area contributed by atoms with E-state index in [1.165, 1.54) is 0 Å². The predicted octanol–water partition coefficient (Wildman–Crippen LogP) is 2.46. The van der Waals surface area contributed by atoms with Gasteiger partial charge in [0.25, 0.3) is 0 Å². The molecule has 29 heavy (non-hydrogen) atoms. The third kappa shape index (κ3) is 3.57. The fourth-order valence-corrected chi connectivity index (χ4v) is 3.96. The Balaban J connectivity index is 1.13. The molecule has 2 aliphatic rings. The maximum Gasteiger partial charge on any atom is 0.317 e. The molecule has 0 bridgehead atoms. The van der Waals surface area contributed by atoms with Crippen LogP contribution in [0.25, 0.3) is 5.65 Å². The van der Waals surface area contributed by atoms with E-state index in [1.807, 2.05) is 58.0 Å². The molecule has 2 amide bonds. The first-order valence-electron chi connectivity index (χ1n) is 9.99. The molecule has 1 N–H and O–H groups in total. The number of likely N-dealkylation sites (tertiary alicyclic amines) is 1. The van der Waals surface area contributed by atoms with Gasteiger partial charge >= 0.3 is 6.03 Å². The van der Waals surface area contributed by atoms with Crippen LogP contribution in [0.4, 0.5) is 4.79 Å². The number of nitrogens with one attached hydrogen (secondary N) is 1. The minimum absolute atomic E-state index is 0.0583. The highest BCUT2D eigenvalue weighted by Crippen LogP contribution is 2.31. The van der Waals surface area contributed by atoms with E-state index in [0.717, 1.165) is 35.8 Å². The van der Waals surface area contributed by atoms with Gasteiger partial charge in [0.1, 0.15) is 12.4 Å². The number of carbonyl (C=O) groups is 1. The zero-order valence-electron chi connectivity index (χ0n) is 16.0. The summed E-state index contributed by atoms with van der Waals surface area (Å²) in [7, 11) is 0. The van der Waals surface area contributed by atoms with Crippen molar-refractivity contribution in [3.63, 3.8) is 0 Å². The molecule has 0 radical (unpaired) electrons. The Labute approximate surface area is 168 Å². The number of urea groups is 1. The maximum absolute atomic E-state index is 12.6. The van der Waals surface area contributed by atoms with E-state index in [4.69, 9.17) is 9.47 Å². The fraction of sp³-hybridized carbons (Fsp3) is 0.381. The van der Waals surface area contributed by atoms with Gasteiger partial charge in [-0.05, 0) is 37.1 Å². The van der Waals surface area contributed by atoms with E-state index in [9.17, 15) is 4.79 Å². The van der Waals surface area contributed by atoms with E-state index in [1.54, 1.807) is 0 Å². The summed E-state index contributed by atoms with van der Waals surface area (Å²) in [6.07, 6.45) is 3.56. The minimum Gasteiger partial charge on any atom is -0.486 e. The SMILES string of the molecule is O=C(NC[C@@H]1COc2ccccc2O1)N1CCC(c2nnc3ccccn23)CC1. The van der Waals surface area contributed by atoms with Crippen molar-refractivity contribution in [2.45, 2.75) is 24.9 Å². The third-order valence-corrected chi connectivity index (χ3v) is 5.54. The van der Waals surface area contributed by atoms with Crippen molar-refractivity contribution >= 4 is 11.7 Å². The molecule has 2 aromatic heterocycles. The van der Waals surface area contributed by atoms with Crippen LogP contribution in [0.3, 0.4) is 0 Å². The van der Waals surface area contributed by atoms with Crippen molar-refractivity contribution < 1.29 is 14.3 Å². The van der Waals surface area contributed by atoms with E-state index in [-0.39, 0.29) is 12.1 Å². The lowest BCUT2D eigenvalue weighted by molar-refractivity contribution is 0.0895. The van der Waals surface area contributed by atoms with Crippen LogP contribution in [-0.2, 0) is 0 Å². The lowest BCUT2D eigenvalue weighted by Crippen LogP contribution is -2.48. The molecule has 3 aromatic rings. The summed E-state index contributed by atoms with van der Waals surface area (Å²) < 4.78 is 13.6. The first-order chi connectivity index (χ1) is 14.3. The predicted molar refractivity (Wildman–Crippen MR) is 106 cm³/mol. The van der Waals surface area contributed by atoms with E-state index in [2.05, 4.69) is 15.5 Å². The first-order valence-corrected chi connectivity index (χ1v) is 9.99. The molecule has 0 unspecified atom stereocenters. The Kier molecular flexibility index (Phi) is 4.67. The van der Waals surface area contributed by atoms with E-state index < -0.39 is 0 Å². The monoisotopic (exact) mass is 393 g/mol. The number of ether oxygens (including phenoxy) is 2. The second kappa shape index (κ2) is 7.62. The largest absolute Gasteiger partial charge is 0.486 e. The van der Waals surface area contributed by atoms with Gasteiger partial charge in [0.15, 0.2) is 23.3 Å². The lowest BCUT2D eigenvalue weighted by atomic mass is 9.96. The Morgan fingerprint density at radius 3 is 2.72 bits per heavy atom. The number of hydrogen-bond donors (Lipinski definition) is 1. The lowest BCUT2D eigenvalue weighted by Gasteiger charge is -2.32. The zero-order valence-corrected chi connectivity index (χ0v) is 16.0. The van der Waals surface area contributed by atoms with Gasteiger partial charge < -0.3 is 19.7 Å². The summed E-state index contributed by atoms with van der Waals surface area (Å²) in [4.78, 5) is 14.4. The van der Waals surface area contributed by atoms with Gasteiger partial charge in [0.2, 0.25) is 0 Å². The van der Waals surface area contributed by atoms with Crippen molar-refractivity contribution in [2.75, 3.05) is 26.2 Å². The van der Waals surface area contributed by atoms with Crippen LogP contribution in [0.15, 0.2) is 48.7 Å². The third-order valence-electron chi connectivity index (χ3n) is 5.54. The molecule has 8 heteroatoms. The standard InChI is InChI=1S/C21H23N5O3/c27-21(22-13-16-14-28-17-5-1-2-6-18(17)29-16)25-11-8-15(9-12-25)20-24-23-19-7-3-4-10-26(19)20/h1-7,10,15-16H,8-9,11-14H2,(H,22,27)/t16-/m1/s1. The Hall–Kier alpha value is -3.29. The molecule has 150 valence electrons. The molecule has 0 aliphatic carbocycles. The van der Waals surface area contributed by atoms with Gasteiger partial charge in [-0.15, -0.1) is 10.2 Å². The highest BCUT2D eigenvalue weighted by molar-refractivity contribution is 5.74. The number of benzene rings is 1. The van der Waals surface area contributed by atoms with Gasteiger partial charge in [-0.2, -0.15) is 0 Å². The average Bonchev–Trinajstić information content (AvgIpc) is 3.21. The second-order valence-electron chi connectivity index (χ2n) is 7.43. The summed E-state index contributed by atoms with van der Waals surface area (Å²) in [6.45, 7) is 2.24. The number of hydrogen-bond acceptors (Lipinski definition) is 5. The topological polar surface area (TPSA) is 81.0 Å². The van der Waals surface area contributed by atoms with E-state index >= 15 is 0 Å². The Morgan fingerprint density at radius 1 is 1.07 bits per heavy atom. The van der Waals surface area contributed by atoms with Crippen LogP contribution >= 0.6 is 0 Å². The number of rotatable bonds is 3. The number of fused-ring (bicyclic) bond motifs is 2. The van der Waals surface area contributed by atoms with Crippen molar-refractivity contribution in [1.29, 1.82) is 0 Å². The second-order valence-corrected chi connectivity index (χ2v) is 7.43. The number of aromatic nitrogens is 3. The Bertz CT molecular complexity index is 1010. The molecule has 2 aliphatic heterocycles. The molecule has 0 spiro atoms. The summed E-state index contributed by atoms with van der Waals surface area (Å²) in [5.41, 5.74) is 0.860. The number of carbonyl (C=O) groups excluding carboxylic acids is 1. The van der Waals surface area contributed by atoms with Crippen molar-refractivity contribution in [3.05, 3.63) is 54.5 Å². The van der Waals surface area contributed by atoms with Crippen LogP contribution in [-0.4, -0.2) is 57.9 Å². The van der Waals surface area contributed by atoms with Crippen LogP contribution in [0, 0.1) is 0 Å². The molecule has 5 rings (SSSR count). The van der Waals surface area contributed by atoms with Gasteiger partial charge in [0.05, 0.1) is 6.54 Å². The zero-order chi connectivity index (χ0) is 19.6. The van der Waals surface area contributed by atoms with E-state index in [0.29, 0.717) is 32.2 Å². The maximum atomic E-state index is 12.6. The van der Waals surface area contributed by atoms with Crippen LogP contribution in [0.1, 0.15) is 24.6 Å². The highest BCUT2D eigenvalue weighted by atomic mass is 16.6. The van der Waals surface area contributed by atoms with Gasteiger partial charge in [-0.1, -0.05) is 18.2 Å². The molecule has 1 aromatic carbocycles. The number of amides is 2. The van der Waals surface area contributed by atoms with Crippen molar-refractivity contribution in [3.8, 4) is 11.5 Å². The average molecular weight is 393 g/mol. The number of piperidine rings is 1. The normalized spacial score (nSPS) is 19.3. The number of para-hydroxylation sites is 2. The van der Waals surface area contributed by atoms with Crippen LogP contribution in [0.5, 0.6) is 11.5 Å². The quantitative estimate of drug-likeness (QED) is 0.739. The molecule has 8 nitrogen and oxygen atoms in total.